The van der Waals surface area contributed by atoms with Crippen LogP contribution >= 0.6 is 12.4 Å². The molecule has 2 rings (SSSR count). The Morgan fingerprint density at radius 1 is 1.19 bits per heavy atom. The van der Waals surface area contributed by atoms with Gasteiger partial charge in [0, 0.05) is 0 Å². The fourth-order valence-electron chi connectivity index (χ4n) is 3.00. The highest BCUT2D eigenvalue weighted by Gasteiger charge is 2.18. The van der Waals surface area contributed by atoms with Crippen molar-refractivity contribution < 1.29 is 0 Å². The molecule has 0 saturated carbocycles. The number of halogens is 1. The van der Waals surface area contributed by atoms with Crippen LogP contribution in [0.25, 0.3) is 0 Å². The zero-order valence-corrected chi connectivity index (χ0v) is 14.2. The van der Waals surface area contributed by atoms with Gasteiger partial charge in [0.1, 0.15) is 0 Å². The van der Waals surface area contributed by atoms with E-state index in [1.54, 1.807) is 0 Å². The molecule has 1 aliphatic rings. The zero-order chi connectivity index (χ0) is 14.4. The fourth-order valence-corrected chi connectivity index (χ4v) is 3.00. The highest BCUT2D eigenvalue weighted by Crippen LogP contribution is 2.23. The van der Waals surface area contributed by atoms with Gasteiger partial charge in [-0.1, -0.05) is 44.0 Å². The number of hydrogen-bond donors (Lipinski definition) is 0. The van der Waals surface area contributed by atoms with Crippen LogP contribution in [0.4, 0.5) is 0 Å². The molecule has 1 saturated heterocycles. The summed E-state index contributed by atoms with van der Waals surface area (Å²) >= 11 is 0. The topological polar surface area (TPSA) is 3.24 Å². The molecule has 1 nitrogen and oxygen atoms in total. The van der Waals surface area contributed by atoms with Crippen molar-refractivity contribution >= 4 is 12.4 Å². The van der Waals surface area contributed by atoms with Crippen molar-refractivity contribution in [1.82, 2.24) is 4.90 Å². The van der Waals surface area contributed by atoms with E-state index in [4.69, 9.17) is 6.42 Å². The third kappa shape index (κ3) is 5.73. The Balaban J connectivity index is 0.00000220. The van der Waals surface area contributed by atoms with E-state index in [1.165, 1.54) is 49.9 Å². The number of piperidine rings is 1. The Morgan fingerprint density at radius 3 is 2.33 bits per heavy atom. The zero-order valence-electron chi connectivity index (χ0n) is 13.3. The van der Waals surface area contributed by atoms with Gasteiger partial charge in [-0.3, -0.25) is 4.90 Å². The minimum atomic E-state index is 0. The summed E-state index contributed by atoms with van der Waals surface area (Å²) < 4.78 is 0. The first kappa shape index (κ1) is 18.1. The van der Waals surface area contributed by atoms with Crippen molar-refractivity contribution in [2.45, 2.75) is 45.4 Å². The molecule has 0 N–H and O–H groups in total. The van der Waals surface area contributed by atoms with Gasteiger partial charge in [0.25, 0.3) is 0 Å². The summed E-state index contributed by atoms with van der Waals surface area (Å²) in [4.78, 5) is 2.40. The Hall–Kier alpha value is -0.970. The molecule has 0 unspecified atom stereocenters. The molecular formula is C19H28ClN. The van der Waals surface area contributed by atoms with Crippen LogP contribution in [-0.4, -0.2) is 24.5 Å². The number of terminal acetylenes is 1. The number of likely N-dealkylation sites (tertiary alicyclic amines) is 1. The lowest BCUT2D eigenvalue weighted by atomic mass is 9.90. The molecule has 0 aliphatic carbocycles. The Morgan fingerprint density at radius 2 is 1.81 bits per heavy atom. The second-order valence-corrected chi connectivity index (χ2v) is 6.36. The summed E-state index contributed by atoms with van der Waals surface area (Å²) in [5.41, 5.74) is 2.93. The summed E-state index contributed by atoms with van der Waals surface area (Å²) in [6.45, 7) is 7.68. The Bertz CT molecular complexity index is 436. The molecular weight excluding hydrogens is 278 g/mol. The van der Waals surface area contributed by atoms with Crippen LogP contribution in [-0.2, 0) is 6.42 Å². The minimum Gasteiger partial charge on any atom is -0.292 e. The molecule has 1 aliphatic heterocycles. The molecule has 0 radical (unpaired) electrons. The Kier molecular flexibility index (Phi) is 7.86. The molecule has 2 heteroatoms. The molecule has 0 atom stereocenters. The van der Waals surface area contributed by atoms with Gasteiger partial charge in [-0.25, -0.2) is 0 Å². The van der Waals surface area contributed by atoms with Gasteiger partial charge in [0.05, 0.1) is 6.54 Å². The summed E-state index contributed by atoms with van der Waals surface area (Å²) in [6, 6.07) is 9.19. The average molecular weight is 306 g/mol. The maximum absolute atomic E-state index is 5.37. The van der Waals surface area contributed by atoms with Crippen molar-refractivity contribution in [1.29, 1.82) is 0 Å². The smallest absolute Gasteiger partial charge is 0.0598 e. The molecule has 0 bridgehead atoms. The first-order valence-electron chi connectivity index (χ1n) is 7.93. The van der Waals surface area contributed by atoms with E-state index in [2.05, 4.69) is 48.9 Å². The van der Waals surface area contributed by atoms with E-state index in [0.717, 1.165) is 12.5 Å². The van der Waals surface area contributed by atoms with Crippen molar-refractivity contribution in [2.75, 3.05) is 19.6 Å². The van der Waals surface area contributed by atoms with Gasteiger partial charge in [0.2, 0.25) is 0 Å². The third-order valence-corrected chi connectivity index (χ3v) is 4.51. The van der Waals surface area contributed by atoms with E-state index >= 15 is 0 Å². The van der Waals surface area contributed by atoms with Crippen LogP contribution in [0.5, 0.6) is 0 Å². The van der Waals surface area contributed by atoms with Crippen LogP contribution in [0.2, 0.25) is 0 Å². The predicted octanol–water partition coefficient (Wildman–Crippen LogP) is 4.51. The lowest BCUT2D eigenvalue weighted by Gasteiger charge is -2.30. The van der Waals surface area contributed by atoms with Crippen LogP contribution in [0, 0.1) is 18.3 Å². The lowest BCUT2D eigenvalue weighted by Crippen LogP contribution is -2.34. The molecule has 0 spiro atoms. The summed E-state index contributed by atoms with van der Waals surface area (Å²) in [6.07, 6.45) is 10.5. The number of nitrogens with zero attached hydrogens (tertiary/aromatic N) is 1. The normalized spacial score (nSPS) is 16.5. The maximum atomic E-state index is 5.37. The number of aryl methyl sites for hydroxylation is 1. The molecule has 1 fully saturated rings. The first-order chi connectivity index (χ1) is 9.69. The van der Waals surface area contributed by atoms with Gasteiger partial charge in [-0.15, -0.1) is 18.8 Å². The van der Waals surface area contributed by atoms with Crippen LogP contribution < -0.4 is 0 Å². The molecule has 1 aromatic carbocycles. The van der Waals surface area contributed by atoms with Gasteiger partial charge in [0.15, 0.2) is 0 Å². The largest absolute Gasteiger partial charge is 0.292 e. The monoisotopic (exact) mass is 305 g/mol. The number of hydrogen-bond acceptors (Lipinski definition) is 1. The van der Waals surface area contributed by atoms with Gasteiger partial charge in [-0.2, -0.15) is 0 Å². The summed E-state index contributed by atoms with van der Waals surface area (Å²) in [5.74, 6) is 4.26. The maximum Gasteiger partial charge on any atom is 0.0598 e. The summed E-state index contributed by atoms with van der Waals surface area (Å²) in [7, 11) is 0. The predicted molar refractivity (Wildman–Crippen MR) is 94.1 cm³/mol. The average Bonchev–Trinajstić information content (AvgIpc) is 2.47. The van der Waals surface area contributed by atoms with Gasteiger partial charge in [-0.05, 0) is 61.7 Å². The van der Waals surface area contributed by atoms with Crippen molar-refractivity contribution in [3.05, 3.63) is 35.4 Å². The Labute approximate surface area is 136 Å². The van der Waals surface area contributed by atoms with E-state index in [-0.39, 0.29) is 12.4 Å². The second kappa shape index (κ2) is 9.13. The summed E-state index contributed by atoms with van der Waals surface area (Å²) in [5, 5.41) is 0. The SMILES string of the molecule is C#CCN1CCC(CCc2ccc(C(C)C)cc2)CC1.Cl. The quantitative estimate of drug-likeness (QED) is 0.724. The molecule has 116 valence electrons. The van der Waals surface area contributed by atoms with Crippen molar-refractivity contribution in [2.24, 2.45) is 5.92 Å². The highest BCUT2D eigenvalue weighted by molar-refractivity contribution is 5.85. The van der Waals surface area contributed by atoms with Crippen LogP contribution in [0.3, 0.4) is 0 Å². The van der Waals surface area contributed by atoms with E-state index in [0.29, 0.717) is 5.92 Å². The second-order valence-electron chi connectivity index (χ2n) is 6.36. The molecule has 0 amide bonds. The highest BCUT2D eigenvalue weighted by atomic mass is 35.5. The van der Waals surface area contributed by atoms with E-state index in [1.807, 2.05) is 0 Å². The fraction of sp³-hybridized carbons (Fsp3) is 0.579. The van der Waals surface area contributed by atoms with Gasteiger partial charge >= 0.3 is 0 Å². The number of benzene rings is 1. The molecule has 0 aromatic heterocycles. The molecule has 21 heavy (non-hydrogen) atoms. The standard InChI is InChI=1S/C19H27N.ClH/c1-4-13-20-14-11-18(12-15-20)6-5-17-7-9-19(10-8-17)16(2)3;/h1,7-10,16,18H,5-6,11-15H2,2-3H3;1H. The van der Waals surface area contributed by atoms with E-state index in [9.17, 15) is 0 Å². The molecule has 1 aromatic rings. The first-order valence-corrected chi connectivity index (χ1v) is 7.93. The third-order valence-electron chi connectivity index (χ3n) is 4.51. The minimum absolute atomic E-state index is 0. The molecule has 1 heterocycles. The van der Waals surface area contributed by atoms with Crippen molar-refractivity contribution in [3.8, 4) is 12.3 Å². The van der Waals surface area contributed by atoms with E-state index < -0.39 is 0 Å². The van der Waals surface area contributed by atoms with Crippen molar-refractivity contribution in [3.63, 3.8) is 0 Å². The van der Waals surface area contributed by atoms with Crippen LogP contribution in [0.1, 0.15) is 50.2 Å². The van der Waals surface area contributed by atoms with Crippen LogP contribution in [0.15, 0.2) is 24.3 Å². The number of rotatable bonds is 5. The lowest BCUT2D eigenvalue weighted by molar-refractivity contribution is 0.197. The van der Waals surface area contributed by atoms with Gasteiger partial charge < -0.3 is 0 Å².